The number of carboxylic acids is 1. The fourth-order valence-electron chi connectivity index (χ4n) is 1.96. The molecule has 0 aliphatic heterocycles. The zero-order valence-electron chi connectivity index (χ0n) is 11.0. The summed E-state index contributed by atoms with van der Waals surface area (Å²) in [5, 5.41) is 11.4. The predicted octanol–water partition coefficient (Wildman–Crippen LogP) is 2.48. The van der Waals surface area contributed by atoms with E-state index in [1.165, 1.54) is 19.2 Å². The van der Waals surface area contributed by atoms with Gasteiger partial charge in [0.05, 0.1) is 12.1 Å². The van der Waals surface area contributed by atoms with Crippen LogP contribution in [0.4, 0.5) is 14.5 Å². The van der Waals surface area contributed by atoms with Crippen molar-refractivity contribution in [3.05, 3.63) is 52.9 Å². The Balaban J connectivity index is 2.18. The number of aryl methyl sites for hydroxylation is 1. The maximum Gasteiger partial charge on any atom is 0.339 e. The molecule has 0 fully saturated rings. The molecule has 21 heavy (non-hydrogen) atoms. The molecular formula is C14H12F2N2O3. The van der Waals surface area contributed by atoms with Crippen LogP contribution in [0.3, 0.4) is 0 Å². The van der Waals surface area contributed by atoms with Gasteiger partial charge in [0.15, 0.2) is 0 Å². The number of benzene rings is 1. The average Bonchev–Trinajstić information content (AvgIpc) is 2.75. The van der Waals surface area contributed by atoms with Crippen LogP contribution in [0.15, 0.2) is 24.4 Å². The number of aromatic nitrogens is 1. The monoisotopic (exact) mass is 294 g/mol. The van der Waals surface area contributed by atoms with Gasteiger partial charge in [0, 0.05) is 17.5 Å². The van der Waals surface area contributed by atoms with Crippen LogP contribution < -0.4 is 5.32 Å². The molecule has 2 aromatic rings. The Bertz CT molecular complexity index is 690. The van der Waals surface area contributed by atoms with Crippen LogP contribution >= 0.6 is 0 Å². The number of carbonyl (C=O) groups is 2. The minimum atomic E-state index is -1.21. The van der Waals surface area contributed by atoms with Gasteiger partial charge < -0.3 is 15.4 Å². The van der Waals surface area contributed by atoms with Gasteiger partial charge in [-0.25, -0.2) is 13.6 Å². The molecule has 0 unspecified atom stereocenters. The molecule has 7 heteroatoms. The first-order valence-corrected chi connectivity index (χ1v) is 6.04. The van der Waals surface area contributed by atoms with E-state index in [0.717, 1.165) is 12.1 Å². The summed E-state index contributed by atoms with van der Waals surface area (Å²) in [6, 6.07) is 3.30. The Kier molecular flexibility index (Phi) is 4.02. The average molecular weight is 294 g/mol. The molecule has 0 aliphatic rings. The summed E-state index contributed by atoms with van der Waals surface area (Å²) in [5.41, 5.74) is -0.0203. The third kappa shape index (κ3) is 3.07. The first-order valence-electron chi connectivity index (χ1n) is 6.04. The summed E-state index contributed by atoms with van der Waals surface area (Å²) < 4.78 is 26.9. The number of nitrogens with one attached hydrogen (secondary N) is 2. The Morgan fingerprint density at radius 3 is 2.48 bits per heavy atom. The quantitative estimate of drug-likeness (QED) is 0.810. The topological polar surface area (TPSA) is 82.2 Å². The van der Waals surface area contributed by atoms with Gasteiger partial charge in [0.25, 0.3) is 0 Å². The van der Waals surface area contributed by atoms with Crippen molar-refractivity contribution in [2.75, 3.05) is 5.32 Å². The van der Waals surface area contributed by atoms with Crippen LogP contribution in [-0.2, 0) is 11.2 Å². The molecule has 0 atom stereocenters. The predicted molar refractivity (Wildman–Crippen MR) is 71.2 cm³/mol. The molecule has 0 radical (unpaired) electrons. The van der Waals surface area contributed by atoms with Crippen molar-refractivity contribution in [2.24, 2.45) is 0 Å². The van der Waals surface area contributed by atoms with E-state index in [4.69, 9.17) is 5.11 Å². The highest BCUT2D eigenvalue weighted by atomic mass is 19.1. The number of carboxylic acid groups (broad SMARTS) is 1. The molecule has 0 bridgehead atoms. The van der Waals surface area contributed by atoms with Crippen LogP contribution in [-0.4, -0.2) is 22.0 Å². The molecular weight excluding hydrogens is 282 g/mol. The highest BCUT2D eigenvalue weighted by Crippen LogP contribution is 2.20. The zero-order valence-corrected chi connectivity index (χ0v) is 11.0. The summed E-state index contributed by atoms with van der Waals surface area (Å²) in [4.78, 5) is 25.5. The number of H-pyrrole nitrogens is 1. The van der Waals surface area contributed by atoms with E-state index in [1.807, 2.05) is 0 Å². The zero-order chi connectivity index (χ0) is 15.6. The number of hydrogen-bond acceptors (Lipinski definition) is 2. The molecule has 5 nitrogen and oxygen atoms in total. The first-order chi connectivity index (χ1) is 9.90. The second kappa shape index (κ2) is 5.74. The third-order valence-electron chi connectivity index (χ3n) is 2.96. The van der Waals surface area contributed by atoms with Crippen molar-refractivity contribution in [3.63, 3.8) is 0 Å². The lowest BCUT2D eigenvalue weighted by molar-refractivity contribution is -0.115. The Morgan fingerprint density at radius 2 is 1.90 bits per heavy atom. The number of aromatic amines is 1. The molecule has 3 N–H and O–H groups in total. The SMILES string of the molecule is Cc1[nH]cc(NC(=O)Cc2c(F)cccc2F)c1C(=O)O. The molecule has 0 saturated heterocycles. The minimum absolute atomic E-state index is 0.0572. The summed E-state index contributed by atoms with van der Waals surface area (Å²) in [5.74, 6) is -3.57. The molecule has 2 rings (SSSR count). The maximum atomic E-state index is 13.4. The summed E-state index contributed by atoms with van der Waals surface area (Å²) in [7, 11) is 0. The lowest BCUT2D eigenvalue weighted by Gasteiger charge is -2.06. The van der Waals surface area contributed by atoms with Crippen LogP contribution in [0.1, 0.15) is 21.6 Å². The number of carbonyl (C=O) groups excluding carboxylic acids is 1. The molecule has 0 aliphatic carbocycles. The number of aromatic carboxylic acids is 1. The van der Waals surface area contributed by atoms with Crippen LogP contribution in [0.2, 0.25) is 0 Å². The van der Waals surface area contributed by atoms with Gasteiger partial charge in [-0.3, -0.25) is 4.79 Å². The molecule has 1 aromatic carbocycles. The number of hydrogen-bond donors (Lipinski definition) is 3. The van der Waals surface area contributed by atoms with Crippen molar-refractivity contribution < 1.29 is 23.5 Å². The van der Waals surface area contributed by atoms with E-state index in [9.17, 15) is 18.4 Å². The molecule has 1 heterocycles. The normalized spacial score (nSPS) is 10.4. The fraction of sp³-hybridized carbons (Fsp3) is 0.143. The van der Waals surface area contributed by atoms with E-state index in [2.05, 4.69) is 10.3 Å². The fourth-order valence-corrected chi connectivity index (χ4v) is 1.96. The van der Waals surface area contributed by atoms with Crippen molar-refractivity contribution in [1.82, 2.24) is 4.98 Å². The van der Waals surface area contributed by atoms with Gasteiger partial charge >= 0.3 is 5.97 Å². The van der Waals surface area contributed by atoms with Crippen LogP contribution in [0, 0.1) is 18.6 Å². The van der Waals surface area contributed by atoms with Crippen molar-refractivity contribution in [2.45, 2.75) is 13.3 Å². The van der Waals surface area contributed by atoms with Gasteiger partial charge in [0.2, 0.25) is 5.91 Å². The first kappa shape index (κ1) is 14.7. The van der Waals surface area contributed by atoms with E-state index >= 15 is 0 Å². The van der Waals surface area contributed by atoms with Crippen molar-refractivity contribution in [3.8, 4) is 0 Å². The minimum Gasteiger partial charge on any atom is -0.478 e. The van der Waals surface area contributed by atoms with Gasteiger partial charge in [-0.15, -0.1) is 0 Å². The Labute approximate surface area is 118 Å². The second-order valence-corrected chi connectivity index (χ2v) is 4.43. The highest BCUT2D eigenvalue weighted by Gasteiger charge is 2.19. The lowest BCUT2D eigenvalue weighted by atomic mass is 10.1. The third-order valence-corrected chi connectivity index (χ3v) is 2.96. The molecule has 110 valence electrons. The number of halogens is 2. The van der Waals surface area contributed by atoms with Gasteiger partial charge in [-0.1, -0.05) is 6.07 Å². The molecule has 1 aromatic heterocycles. The van der Waals surface area contributed by atoms with Crippen molar-refractivity contribution in [1.29, 1.82) is 0 Å². The van der Waals surface area contributed by atoms with E-state index in [0.29, 0.717) is 5.69 Å². The maximum absolute atomic E-state index is 13.4. The largest absolute Gasteiger partial charge is 0.478 e. The number of rotatable bonds is 4. The van der Waals surface area contributed by atoms with E-state index < -0.39 is 29.9 Å². The molecule has 0 spiro atoms. The van der Waals surface area contributed by atoms with Crippen molar-refractivity contribution >= 4 is 17.6 Å². The van der Waals surface area contributed by atoms with Crippen LogP contribution in [0.5, 0.6) is 0 Å². The number of amides is 1. The Hall–Kier alpha value is -2.70. The van der Waals surface area contributed by atoms with E-state index in [-0.39, 0.29) is 16.8 Å². The lowest BCUT2D eigenvalue weighted by Crippen LogP contribution is -2.17. The van der Waals surface area contributed by atoms with E-state index in [1.54, 1.807) is 0 Å². The highest BCUT2D eigenvalue weighted by molar-refractivity contribution is 6.01. The van der Waals surface area contributed by atoms with Crippen LogP contribution in [0.25, 0.3) is 0 Å². The Morgan fingerprint density at radius 1 is 1.29 bits per heavy atom. The standard InChI is InChI=1S/C14H12F2N2O3/c1-7-13(14(20)21)11(6-17-7)18-12(19)5-8-9(15)3-2-4-10(8)16/h2-4,6,17H,5H2,1H3,(H,18,19)(H,20,21). The van der Waals surface area contributed by atoms with Gasteiger partial charge in [0.1, 0.15) is 17.2 Å². The summed E-state index contributed by atoms with van der Waals surface area (Å²) in [6.45, 7) is 1.54. The number of anilines is 1. The van der Waals surface area contributed by atoms with Gasteiger partial charge in [-0.05, 0) is 19.1 Å². The molecule has 1 amide bonds. The molecule has 0 saturated carbocycles. The summed E-state index contributed by atoms with van der Waals surface area (Å²) >= 11 is 0. The smallest absolute Gasteiger partial charge is 0.339 e. The summed E-state index contributed by atoms with van der Waals surface area (Å²) in [6.07, 6.45) is 0.788. The van der Waals surface area contributed by atoms with Gasteiger partial charge in [-0.2, -0.15) is 0 Å². The second-order valence-electron chi connectivity index (χ2n) is 4.43.